The fourth-order valence-electron chi connectivity index (χ4n) is 1.86. The molecule has 1 aromatic carbocycles. The largest absolute Gasteiger partial charge is 0.390 e. The van der Waals surface area contributed by atoms with Crippen LogP contribution in [0.5, 0.6) is 0 Å². The Kier molecular flexibility index (Phi) is 5.74. The molecule has 0 saturated heterocycles. The summed E-state index contributed by atoms with van der Waals surface area (Å²) in [6, 6.07) is 1.86. The highest BCUT2D eigenvalue weighted by Gasteiger charge is 2.25. The normalized spacial score (nSPS) is 13.6. The standard InChI is InChI=1S/C13H17FN2O5/c1-7-5-10(14)9(6-11(7)16(20)21)13(19)12(18)3-4-15-8(2)17/h5-6,12-13,18-19H,3-4H2,1-2H3,(H,15,17). The van der Waals surface area contributed by atoms with Gasteiger partial charge in [0.05, 0.1) is 11.0 Å². The van der Waals surface area contributed by atoms with E-state index in [0.29, 0.717) is 0 Å². The first-order valence-electron chi connectivity index (χ1n) is 6.29. The molecule has 0 aliphatic rings. The minimum Gasteiger partial charge on any atom is -0.390 e. The topological polar surface area (TPSA) is 113 Å². The molecule has 0 aliphatic heterocycles. The van der Waals surface area contributed by atoms with Crippen molar-refractivity contribution in [3.05, 3.63) is 39.2 Å². The lowest BCUT2D eigenvalue weighted by Gasteiger charge is -2.19. The monoisotopic (exact) mass is 300 g/mol. The fourth-order valence-corrected chi connectivity index (χ4v) is 1.86. The van der Waals surface area contributed by atoms with Gasteiger partial charge in [0, 0.05) is 30.7 Å². The molecule has 0 bridgehead atoms. The Hall–Kier alpha value is -2.06. The van der Waals surface area contributed by atoms with Crippen LogP contribution in [0.3, 0.4) is 0 Å². The van der Waals surface area contributed by atoms with E-state index >= 15 is 0 Å². The van der Waals surface area contributed by atoms with Gasteiger partial charge in [0.2, 0.25) is 5.91 Å². The zero-order chi connectivity index (χ0) is 16.2. The van der Waals surface area contributed by atoms with E-state index in [1.165, 1.54) is 13.8 Å². The van der Waals surface area contributed by atoms with Crippen LogP contribution in [-0.2, 0) is 4.79 Å². The number of hydrogen-bond acceptors (Lipinski definition) is 5. The second-order valence-corrected chi connectivity index (χ2v) is 4.70. The summed E-state index contributed by atoms with van der Waals surface area (Å²) >= 11 is 0. The van der Waals surface area contributed by atoms with E-state index < -0.39 is 22.9 Å². The number of nitro groups is 1. The zero-order valence-corrected chi connectivity index (χ0v) is 11.7. The number of aliphatic hydroxyl groups excluding tert-OH is 2. The molecule has 0 radical (unpaired) electrons. The molecule has 0 aliphatic carbocycles. The highest BCUT2D eigenvalue weighted by atomic mass is 19.1. The van der Waals surface area contributed by atoms with Crippen LogP contribution in [0, 0.1) is 22.9 Å². The molecule has 0 fully saturated rings. The molecule has 1 aromatic rings. The van der Waals surface area contributed by atoms with Gasteiger partial charge in [-0.05, 0) is 19.4 Å². The van der Waals surface area contributed by atoms with E-state index in [9.17, 15) is 29.5 Å². The van der Waals surface area contributed by atoms with Gasteiger partial charge in [-0.25, -0.2) is 4.39 Å². The molecule has 0 spiro atoms. The number of carbonyl (C=O) groups is 1. The quantitative estimate of drug-likeness (QED) is 0.535. The number of hydrogen-bond donors (Lipinski definition) is 3. The van der Waals surface area contributed by atoms with Gasteiger partial charge in [-0.15, -0.1) is 0 Å². The number of carbonyl (C=O) groups excluding carboxylic acids is 1. The van der Waals surface area contributed by atoms with Gasteiger partial charge < -0.3 is 15.5 Å². The SMILES string of the molecule is CC(=O)NCCC(O)C(O)c1cc([N+](=O)[O-])c(C)cc1F. The summed E-state index contributed by atoms with van der Waals surface area (Å²) < 4.78 is 13.8. The third-order valence-electron chi connectivity index (χ3n) is 3.01. The number of halogens is 1. The molecule has 0 saturated carbocycles. The Morgan fingerprint density at radius 2 is 2.10 bits per heavy atom. The molecule has 1 amide bonds. The minimum atomic E-state index is -1.61. The van der Waals surface area contributed by atoms with Crippen molar-refractivity contribution >= 4 is 11.6 Å². The van der Waals surface area contributed by atoms with E-state index in [1.54, 1.807) is 0 Å². The fraction of sp³-hybridized carbons (Fsp3) is 0.462. The van der Waals surface area contributed by atoms with Crippen LogP contribution < -0.4 is 5.32 Å². The molecule has 0 heterocycles. The molecule has 0 aromatic heterocycles. The van der Waals surface area contributed by atoms with E-state index in [2.05, 4.69) is 5.32 Å². The maximum Gasteiger partial charge on any atom is 0.272 e. The van der Waals surface area contributed by atoms with Crippen molar-refractivity contribution < 1.29 is 24.3 Å². The Morgan fingerprint density at radius 3 is 2.62 bits per heavy atom. The Labute approximate surface area is 120 Å². The van der Waals surface area contributed by atoms with Gasteiger partial charge in [0.1, 0.15) is 11.9 Å². The molecule has 8 heteroatoms. The van der Waals surface area contributed by atoms with Crippen molar-refractivity contribution in [1.29, 1.82) is 0 Å². The van der Waals surface area contributed by atoms with Gasteiger partial charge in [-0.2, -0.15) is 0 Å². The smallest absolute Gasteiger partial charge is 0.272 e. The first-order chi connectivity index (χ1) is 9.73. The van der Waals surface area contributed by atoms with Crippen molar-refractivity contribution in [1.82, 2.24) is 5.32 Å². The van der Waals surface area contributed by atoms with Crippen LogP contribution in [0.1, 0.15) is 30.6 Å². The number of nitrogens with one attached hydrogen (secondary N) is 1. The van der Waals surface area contributed by atoms with Crippen LogP contribution in [0.4, 0.5) is 10.1 Å². The van der Waals surface area contributed by atoms with Crippen molar-refractivity contribution in [3.8, 4) is 0 Å². The summed E-state index contributed by atoms with van der Waals surface area (Å²) in [6.45, 7) is 2.78. The predicted molar refractivity (Wildman–Crippen MR) is 72.1 cm³/mol. The summed E-state index contributed by atoms with van der Waals surface area (Å²) in [5, 5.41) is 32.9. The molecule has 116 valence electrons. The van der Waals surface area contributed by atoms with Crippen LogP contribution in [-0.4, -0.2) is 33.7 Å². The van der Waals surface area contributed by atoms with Crippen molar-refractivity contribution in [2.45, 2.75) is 32.5 Å². The predicted octanol–water partition coefficient (Wildman–Crippen LogP) is 0.963. The number of nitrogens with zero attached hydrogens (tertiary/aromatic N) is 1. The van der Waals surface area contributed by atoms with Gasteiger partial charge in [-0.3, -0.25) is 14.9 Å². The number of aryl methyl sites for hydroxylation is 1. The molecule has 2 unspecified atom stereocenters. The zero-order valence-electron chi connectivity index (χ0n) is 11.7. The summed E-state index contributed by atoms with van der Waals surface area (Å²) in [6.07, 6.45) is -2.98. The van der Waals surface area contributed by atoms with Crippen LogP contribution >= 0.6 is 0 Å². The Bertz CT molecular complexity index is 550. The summed E-state index contributed by atoms with van der Waals surface area (Å²) in [4.78, 5) is 20.8. The van der Waals surface area contributed by atoms with E-state index in [4.69, 9.17) is 0 Å². The lowest BCUT2D eigenvalue weighted by molar-refractivity contribution is -0.385. The number of rotatable bonds is 6. The van der Waals surface area contributed by atoms with Gasteiger partial charge in [-0.1, -0.05) is 0 Å². The summed E-state index contributed by atoms with van der Waals surface area (Å²) in [5.41, 5.74) is -0.552. The van der Waals surface area contributed by atoms with Gasteiger partial charge in [0.15, 0.2) is 0 Å². The Morgan fingerprint density at radius 1 is 1.48 bits per heavy atom. The van der Waals surface area contributed by atoms with E-state index in [1.807, 2.05) is 0 Å². The lowest BCUT2D eigenvalue weighted by atomic mass is 9.99. The van der Waals surface area contributed by atoms with Gasteiger partial charge in [0.25, 0.3) is 5.69 Å². The average Bonchev–Trinajstić information content (AvgIpc) is 2.37. The molecule has 21 heavy (non-hydrogen) atoms. The average molecular weight is 300 g/mol. The second kappa shape index (κ2) is 7.09. The minimum absolute atomic E-state index is 0.0120. The molecule has 1 rings (SSSR count). The maximum atomic E-state index is 13.8. The molecular formula is C13H17FN2O5. The highest BCUT2D eigenvalue weighted by molar-refractivity contribution is 5.72. The van der Waals surface area contributed by atoms with E-state index in [0.717, 1.165) is 12.1 Å². The van der Waals surface area contributed by atoms with Crippen LogP contribution in [0.2, 0.25) is 0 Å². The van der Waals surface area contributed by atoms with Crippen LogP contribution in [0.15, 0.2) is 12.1 Å². The third-order valence-corrected chi connectivity index (χ3v) is 3.01. The lowest BCUT2D eigenvalue weighted by Crippen LogP contribution is -2.28. The number of benzene rings is 1. The van der Waals surface area contributed by atoms with Gasteiger partial charge >= 0.3 is 0 Å². The number of aliphatic hydroxyl groups is 2. The molecule has 3 N–H and O–H groups in total. The molecular weight excluding hydrogens is 283 g/mol. The number of nitro benzene ring substituents is 1. The molecule has 7 nitrogen and oxygen atoms in total. The second-order valence-electron chi connectivity index (χ2n) is 4.70. The maximum absolute atomic E-state index is 13.8. The highest BCUT2D eigenvalue weighted by Crippen LogP contribution is 2.28. The molecule has 2 atom stereocenters. The first-order valence-corrected chi connectivity index (χ1v) is 6.29. The summed E-state index contributed by atoms with van der Waals surface area (Å²) in [5.74, 6) is -1.13. The van der Waals surface area contributed by atoms with Crippen molar-refractivity contribution in [2.24, 2.45) is 0 Å². The third kappa shape index (κ3) is 4.47. The number of amides is 1. The van der Waals surface area contributed by atoms with E-state index in [-0.39, 0.29) is 35.7 Å². The van der Waals surface area contributed by atoms with Crippen molar-refractivity contribution in [2.75, 3.05) is 6.54 Å². The van der Waals surface area contributed by atoms with Crippen LogP contribution in [0.25, 0.3) is 0 Å². The Balaban J connectivity index is 2.90. The summed E-state index contributed by atoms with van der Waals surface area (Å²) in [7, 11) is 0. The first kappa shape index (κ1) is 17.0. The van der Waals surface area contributed by atoms with Crippen molar-refractivity contribution in [3.63, 3.8) is 0 Å².